The summed E-state index contributed by atoms with van der Waals surface area (Å²) in [5.41, 5.74) is 0.705. The maximum absolute atomic E-state index is 12.1. The van der Waals surface area contributed by atoms with Gasteiger partial charge in [-0.05, 0) is 42.8 Å². The first-order valence-electron chi connectivity index (χ1n) is 7.95. The Morgan fingerprint density at radius 3 is 2.12 bits per heavy atom. The summed E-state index contributed by atoms with van der Waals surface area (Å²) in [5, 5.41) is 0.677. The monoisotopic (exact) mass is 380 g/mol. The van der Waals surface area contributed by atoms with Crippen LogP contribution in [0, 0.1) is 0 Å². The highest BCUT2D eigenvalue weighted by Crippen LogP contribution is 2.26. The molecular weight excluding hydrogens is 363 g/mol. The van der Waals surface area contributed by atoms with E-state index in [0.29, 0.717) is 33.5 Å². The van der Waals surface area contributed by atoms with Gasteiger partial charge in [0.05, 0.1) is 27.8 Å². The minimum atomic E-state index is -0.554. The zero-order valence-corrected chi connectivity index (χ0v) is 15.3. The second kappa shape index (κ2) is 9.44. The molecule has 0 aliphatic carbocycles. The summed E-state index contributed by atoms with van der Waals surface area (Å²) >= 11 is 11.7. The van der Waals surface area contributed by atoms with Crippen LogP contribution in [0.5, 0.6) is 5.75 Å². The number of hydrogen-bond donors (Lipinski definition) is 0. The summed E-state index contributed by atoms with van der Waals surface area (Å²) in [6.45, 7) is 2.48. The van der Waals surface area contributed by atoms with Crippen molar-refractivity contribution in [1.82, 2.24) is 0 Å². The summed E-state index contributed by atoms with van der Waals surface area (Å²) in [5.74, 6) is -0.666. The zero-order chi connectivity index (χ0) is 18.2. The molecule has 0 bridgehead atoms. The Hall–Kier alpha value is -2.04. The molecule has 2 rings (SSSR count). The van der Waals surface area contributed by atoms with Gasteiger partial charge in [-0.1, -0.05) is 43.0 Å². The molecule has 0 fully saturated rings. The van der Waals surface area contributed by atoms with Crippen LogP contribution in [0.25, 0.3) is 0 Å². The molecule has 0 spiro atoms. The van der Waals surface area contributed by atoms with Gasteiger partial charge in [-0.3, -0.25) is 0 Å². The average Bonchev–Trinajstić information content (AvgIpc) is 2.62. The number of ether oxygens (including phenoxy) is 2. The third-order valence-electron chi connectivity index (χ3n) is 3.44. The third-order valence-corrected chi connectivity index (χ3v) is 4.18. The lowest BCUT2D eigenvalue weighted by atomic mass is 10.1. The first-order chi connectivity index (χ1) is 12.0. The van der Waals surface area contributed by atoms with Gasteiger partial charge < -0.3 is 9.47 Å². The van der Waals surface area contributed by atoms with Crippen molar-refractivity contribution in [2.75, 3.05) is 6.61 Å². The van der Waals surface area contributed by atoms with E-state index in [9.17, 15) is 9.59 Å². The van der Waals surface area contributed by atoms with Crippen molar-refractivity contribution in [3.63, 3.8) is 0 Å². The van der Waals surface area contributed by atoms with Crippen LogP contribution in [-0.4, -0.2) is 18.5 Å². The van der Waals surface area contributed by atoms with E-state index in [0.717, 1.165) is 19.3 Å². The van der Waals surface area contributed by atoms with Crippen LogP contribution in [0.2, 0.25) is 10.0 Å². The fraction of sp³-hybridized carbons (Fsp3) is 0.263. The Kier molecular flexibility index (Phi) is 7.29. The molecule has 0 atom stereocenters. The van der Waals surface area contributed by atoms with Crippen molar-refractivity contribution < 1.29 is 19.1 Å². The number of esters is 2. The lowest BCUT2D eigenvalue weighted by Crippen LogP contribution is -2.10. The van der Waals surface area contributed by atoms with Gasteiger partial charge in [-0.15, -0.1) is 0 Å². The molecule has 2 aromatic rings. The quantitative estimate of drug-likeness (QED) is 0.358. The topological polar surface area (TPSA) is 52.6 Å². The van der Waals surface area contributed by atoms with E-state index < -0.39 is 11.9 Å². The number of benzene rings is 2. The van der Waals surface area contributed by atoms with Gasteiger partial charge in [0.2, 0.25) is 0 Å². The summed E-state index contributed by atoms with van der Waals surface area (Å²) in [7, 11) is 0. The largest absolute Gasteiger partial charge is 0.462 e. The highest BCUT2D eigenvalue weighted by atomic mass is 35.5. The van der Waals surface area contributed by atoms with Crippen LogP contribution >= 0.6 is 23.2 Å². The number of unbranched alkanes of at least 4 members (excludes halogenated alkanes) is 2. The van der Waals surface area contributed by atoms with E-state index in [1.807, 2.05) is 0 Å². The van der Waals surface area contributed by atoms with Crippen molar-refractivity contribution in [3.05, 3.63) is 63.6 Å². The van der Waals surface area contributed by atoms with Crippen molar-refractivity contribution in [3.8, 4) is 5.75 Å². The van der Waals surface area contributed by atoms with E-state index in [1.165, 1.54) is 30.3 Å². The molecule has 0 radical (unpaired) electrons. The minimum absolute atomic E-state index is 0.291. The van der Waals surface area contributed by atoms with E-state index in [4.69, 9.17) is 32.7 Å². The summed E-state index contributed by atoms with van der Waals surface area (Å²) in [6.07, 6.45) is 2.93. The van der Waals surface area contributed by atoms with Crippen LogP contribution in [0.4, 0.5) is 0 Å². The van der Waals surface area contributed by atoms with Crippen molar-refractivity contribution >= 4 is 35.1 Å². The predicted octanol–water partition coefficient (Wildman–Crippen LogP) is 5.56. The first kappa shape index (κ1) is 19.3. The number of carbonyl (C=O) groups excluding carboxylic acids is 2. The van der Waals surface area contributed by atoms with Gasteiger partial charge in [0.15, 0.2) is 0 Å². The zero-order valence-electron chi connectivity index (χ0n) is 13.8. The molecule has 0 N–H and O–H groups in total. The van der Waals surface area contributed by atoms with E-state index in [1.54, 1.807) is 12.1 Å². The molecule has 4 nitrogen and oxygen atoms in total. The fourth-order valence-electron chi connectivity index (χ4n) is 2.05. The van der Waals surface area contributed by atoms with Gasteiger partial charge >= 0.3 is 11.9 Å². The van der Waals surface area contributed by atoms with Crippen LogP contribution in [0.15, 0.2) is 42.5 Å². The lowest BCUT2D eigenvalue weighted by Gasteiger charge is -2.07. The Morgan fingerprint density at radius 2 is 1.52 bits per heavy atom. The van der Waals surface area contributed by atoms with E-state index in [2.05, 4.69) is 6.92 Å². The molecular formula is C19H18Cl2O4. The first-order valence-corrected chi connectivity index (χ1v) is 8.71. The van der Waals surface area contributed by atoms with Gasteiger partial charge in [0.1, 0.15) is 5.75 Å². The SMILES string of the molecule is CCCCCOC(=O)c1ccc(C(=O)Oc2ccc(Cl)c(Cl)c2)cc1. The van der Waals surface area contributed by atoms with E-state index in [-0.39, 0.29) is 0 Å². The van der Waals surface area contributed by atoms with Gasteiger partial charge in [0.25, 0.3) is 0 Å². The summed E-state index contributed by atoms with van der Waals surface area (Å²) in [6, 6.07) is 10.7. The van der Waals surface area contributed by atoms with Crippen LogP contribution in [0.1, 0.15) is 46.9 Å². The average molecular weight is 381 g/mol. The number of rotatable bonds is 7. The number of carbonyl (C=O) groups is 2. The molecule has 25 heavy (non-hydrogen) atoms. The summed E-state index contributed by atoms with van der Waals surface area (Å²) in [4.78, 5) is 24.0. The number of hydrogen-bond acceptors (Lipinski definition) is 4. The second-order valence-corrected chi connectivity index (χ2v) is 6.20. The highest BCUT2D eigenvalue weighted by molar-refractivity contribution is 6.42. The molecule has 0 aliphatic heterocycles. The van der Waals surface area contributed by atoms with Crippen LogP contribution in [-0.2, 0) is 4.74 Å². The molecule has 0 amide bonds. The molecule has 2 aromatic carbocycles. The fourth-order valence-corrected chi connectivity index (χ4v) is 2.34. The minimum Gasteiger partial charge on any atom is -0.462 e. The highest BCUT2D eigenvalue weighted by Gasteiger charge is 2.12. The molecule has 0 unspecified atom stereocenters. The molecule has 0 saturated heterocycles. The predicted molar refractivity (Wildman–Crippen MR) is 97.7 cm³/mol. The van der Waals surface area contributed by atoms with Crippen molar-refractivity contribution in [1.29, 1.82) is 0 Å². The van der Waals surface area contributed by atoms with Crippen LogP contribution < -0.4 is 4.74 Å². The maximum Gasteiger partial charge on any atom is 0.343 e. The van der Waals surface area contributed by atoms with Crippen molar-refractivity contribution in [2.24, 2.45) is 0 Å². The lowest BCUT2D eigenvalue weighted by molar-refractivity contribution is 0.0497. The number of halogens is 2. The molecule has 132 valence electrons. The Balaban J connectivity index is 1.95. The molecule has 0 aliphatic rings. The summed E-state index contributed by atoms with van der Waals surface area (Å²) < 4.78 is 10.4. The smallest absolute Gasteiger partial charge is 0.343 e. The van der Waals surface area contributed by atoms with E-state index >= 15 is 0 Å². The second-order valence-electron chi connectivity index (χ2n) is 5.39. The molecule has 0 saturated carbocycles. The van der Waals surface area contributed by atoms with Gasteiger partial charge in [-0.25, -0.2) is 9.59 Å². The standard InChI is InChI=1S/C19H18Cl2O4/c1-2-3-4-11-24-18(22)13-5-7-14(8-6-13)19(23)25-15-9-10-16(20)17(21)12-15/h5-10,12H,2-4,11H2,1H3. The Labute approximate surface area is 156 Å². The van der Waals surface area contributed by atoms with Gasteiger partial charge in [0, 0.05) is 6.07 Å². The molecule has 6 heteroatoms. The molecule has 0 aromatic heterocycles. The van der Waals surface area contributed by atoms with Gasteiger partial charge in [-0.2, -0.15) is 0 Å². The van der Waals surface area contributed by atoms with Crippen LogP contribution in [0.3, 0.4) is 0 Å². The maximum atomic E-state index is 12.1. The Morgan fingerprint density at radius 1 is 0.880 bits per heavy atom. The molecule has 0 heterocycles. The normalized spacial score (nSPS) is 10.4. The Bertz CT molecular complexity index is 742. The van der Waals surface area contributed by atoms with Crippen molar-refractivity contribution in [2.45, 2.75) is 26.2 Å². The third kappa shape index (κ3) is 5.76.